The minimum atomic E-state index is -0.0376. The molecule has 2 N–H and O–H groups in total. The van der Waals surface area contributed by atoms with Crippen molar-refractivity contribution in [2.75, 3.05) is 20.3 Å². The summed E-state index contributed by atoms with van der Waals surface area (Å²) in [5.74, 6) is 0.759. The highest BCUT2D eigenvalue weighted by Crippen LogP contribution is 2.19. The van der Waals surface area contributed by atoms with E-state index in [9.17, 15) is 4.79 Å². The number of carbonyl (C=O) groups excluding carboxylic acids is 1. The number of ether oxygens (including phenoxy) is 1. The number of nitrogens with one attached hydrogen (secondary N) is 1. The Morgan fingerprint density at radius 3 is 2.88 bits per heavy atom. The van der Waals surface area contributed by atoms with Crippen LogP contribution in [-0.2, 0) is 11.2 Å². The smallest absolute Gasteiger partial charge is 0.224 e. The summed E-state index contributed by atoms with van der Waals surface area (Å²) in [5, 5.41) is 11.3. The number of hydrogen-bond acceptors (Lipinski definition) is 3. The molecule has 0 bridgehead atoms. The van der Waals surface area contributed by atoms with E-state index in [1.807, 2.05) is 25.1 Å². The van der Waals surface area contributed by atoms with E-state index >= 15 is 0 Å². The normalized spacial score (nSPS) is 10.1. The minimum Gasteiger partial charge on any atom is -0.496 e. The van der Waals surface area contributed by atoms with Gasteiger partial charge in [-0.05, 0) is 30.5 Å². The van der Waals surface area contributed by atoms with Gasteiger partial charge in [0.05, 0.1) is 13.5 Å². The number of aliphatic hydroxyl groups excluding tert-OH is 1. The van der Waals surface area contributed by atoms with Gasteiger partial charge >= 0.3 is 0 Å². The third-order valence-electron chi connectivity index (χ3n) is 2.49. The summed E-state index contributed by atoms with van der Waals surface area (Å²) in [6.07, 6.45) is 0.922. The van der Waals surface area contributed by atoms with Gasteiger partial charge in [-0.25, -0.2) is 0 Å². The molecule has 0 fully saturated rings. The first-order valence-corrected chi connectivity index (χ1v) is 5.68. The summed E-state index contributed by atoms with van der Waals surface area (Å²) in [6.45, 7) is 2.57. The van der Waals surface area contributed by atoms with E-state index in [0.717, 1.165) is 16.9 Å². The maximum Gasteiger partial charge on any atom is 0.224 e. The number of hydrogen-bond donors (Lipinski definition) is 2. The molecule has 1 amide bonds. The maximum absolute atomic E-state index is 11.5. The zero-order valence-corrected chi connectivity index (χ0v) is 10.3. The van der Waals surface area contributed by atoms with E-state index < -0.39 is 0 Å². The van der Waals surface area contributed by atoms with Gasteiger partial charge in [0.25, 0.3) is 0 Å². The second-order valence-corrected chi connectivity index (χ2v) is 3.91. The van der Waals surface area contributed by atoms with E-state index in [0.29, 0.717) is 19.4 Å². The molecule has 0 radical (unpaired) electrons. The molecule has 0 heterocycles. The van der Waals surface area contributed by atoms with Crippen molar-refractivity contribution in [3.8, 4) is 5.75 Å². The van der Waals surface area contributed by atoms with Gasteiger partial charge in [0, 0.05) is 13.2 Å². The first-order valence-electron chi connectivity index (χ1n) is 5.68. The summed E-state index contributed by atoms with van der Waals surface area (Å²) in [6, 6.07) is 5.74. The van der Waals surface area contributed by atoms with Gasteiger partial charge in [0.2, 0.25) is 5.91 Å². The molecular weight excluding hydrogens is 218 g/mol. The van der Waals surface area contributed by atoms with Crippen LogP contribution in [0.2, 0.25) is 0 Å². The first-order chi connectivity index (χ1) is 8.17. The molecule has 1 rings (SSSR count). The van der Waals surface area contributed by atoms with E-state index in [-0.39, 0.29) is 12.5 Å². The Balaban J connectivity index is 2.53. The topological polar surface area (TPSA) is 58.6 Å². The fourth-order valence-electron chi connectivity index (χ4n) is 1.53. The lowest BCUT2D eigenvalue weighted by molar-refractivity contribution is -0.120. The van der Waals surface area contributed by atoms with Crippen molar-refractivity contribution in [3.05, 3.63) is 29.3 Å². The highest BCUT2D eigenvalue weighted by Gasteiger charge is 2.05. The maximum atomic E-state index is 11.5. The molecule has 0 spiro atoms. The monoisotopic (exact) mass is 237 g/mol. The zero-order valence-electron chi connectivity index (χ0n) is 10.3. The SMILES string of the molecule is COc1cc(CC(=O)NCCCO)ccc1C. The summed E-state index contributed by atoms with van der Waals surface area (Å²) in [4.78, 5) is 11.5. The molecule has 94 valence electrons. The molecule has 0 saturated carbocycles. The van der Waals surface area contributed by atoms with Crippen molar-refractivity contribution in [2.45, 2.75) is 19.8 Å². The quantitative estimate of drug-likeness (QED) is 0.727. The molecule has 0 aliphatic carbocycles. The third kappa shape index (κ3) is 4.44. The van der Waals surface area contributed by atoms with Crippen LogP contribution in [0.15, 0.2) is 18.2 Å². The molecule has 4 heteroatoms. The highest BCUT2D eigenvalue weighted by atomic mass is 16.5. The molecule has 17 heavy (non-hydrogen) atoms. The summed E-state index contributed by atoms with van der Waals surface area (Å²) in [5.41, 5.74) is 1.98. The van der Waals surface area contributed by atoms with E-state index in [1.165, 1.54) is 0 Å². The summed E-state index contributed by atoms with van der Waals surface area (Å²) in [7, 11) is 1.62. The lowest BCUT2D eigenvalue weighted by Gasteiger charge is -2.08. The van der Waals surface area contributed by atoms with Crippen LogP contribution in [0, 0.1) is 6.92 Å². The Hall–Kier alpha value is -1.55. The summed E-state index contributed by atoms with van der Waals surface area (Å²) < 4.78 is 5.20. The van der Waals surface area contributed by atoms with Crippen LogP contribution < -0.4 is 10.1 Å². The average Bonchev–Trinajstić information content (AvgIpc) is 2.32. The van der Waals surface area contributed by atoms with Crippen LogP contribution in [0.4, 0.5) is 0 Å². The second kappa shape index (κ2) is 6.91. The molecule has 1 aromatic carbocycles. The lowest BCUT2D eigenvalue weighted by Crippen LogP contribution is -2.26. The largest absolute Gasteiger partial charge is 0.496 e. The fraction of sp³-hybridized carbons (Fsp3) is 0.462. The molecular formula is C13H19NO3. The third-order valence-corrected chi connectivity index (χ3v) is 2.49. The number of benzene rings is 1. The van der Waals surface area contributed by atoms with Crippen molar-refractivity contribution >= 4 is 5.91 Å². The van der Waals surface area contributed by atoms with Crippen LogP contribution in [0.5, 0.6) is 5.75 Å². The van der Waals surface area contributed by atoms with Crippen LogP contribution >= 0.6 is 0 Å². The Bertz CT molecular complexity index is 377. The van der Waals surface area contributed by atoms with Crippen LogP contribution in [0.3, 0.4) is 0 Å². The first kappa shape index (κ1) is 13.5. The predicted octanol–water partition coefficient (Wildman–Crippen LogP) is 1.04. The van der Waals surface area contributed by atoms with Gasteiger partial charge in [0.1, 0.15) is 5.75 Å². The van der Waals surface area contributed by atoms with E-state index in [2.05, 4.69) is 5.32 Å². The van der Waals surface area contributed by atoms with Crippen LogP contribution in [-0.4, -0.2) is 31.3 Å². The number of carbonyl (C=O) groups is 1. The molecule has 1 aromatic rings. The number of methoxy groups -OCH3 is 1. The minimum absolute atomic E-state index is 0.0376. The van der Waals surface area contributed by atoms with Crippen molar-refractivity contribution < 1.29 is 14.6 Å². The zero-order chi connectivity index (χ0) is 12.7. The van der Waals surface area contributed by atoms with Crippen LogP contribution in [0.1, 0.15) is 17.5 Å². The number of aliphatic hydroxyl groups is 1. The molecule has 0 aliphatic rings. The summed E-state index contributed by atoms with van der Waals surface area (Å²) >= 11 is 0. The van der Waals surface area contributed by atoms with Gasteiger partial charge < -0.3 is 15.2 Å². The molecule has 0 atom stereocenters. The van der Waals surface area contributed by atoms with E-state index in [4.69, 9.17) is 9.84 Å². The van der Waals surface area contributed by atoms with Gasteiger partial charge in [-0.1, -0.05) is 12.1 Å². The van der Waals surface area contributed by atoms with Gasteiger partial charge in [0.15, 0.2) is 0 Å². The molecule has 0 unspecified atom stereocenters. The fourth-order valence-corrected chi connectivity index (χ4v) is 1.53. The van der Waals surface area contributed by atoms with Gasteiger partial charge in [-0.2, -0.15) is 0 Å². The lowest BCUT2D eigenvalue weighted by atomic mass is 10.1. The Morgan fingerprint density at radius 2 is 2.24 bits per heavy atom. The van der Waals surface area contributed by atoms with Crippen molar-refractivity contribution in [2.24, 2.45) is 0 Å². The van der Waals surface area contributed by atoms with Crippen molar-refractivity contribution in [3.63, 3.8) is 0 Å². The number of amides is 1. The Labute approximate surface area is 102 Å². The predicted molar refractivity (Wildman–Crippen MR) is 66.1 cm³/mol. The Kier molecular flexibility index (Phi) is 5.49. The average molecular weight is 237 g/mol. The number of aryl methyl sites for hydroxylation is 1. The second-order valence-electron chi connectivity index (χ2n) is 3.91. The Morgan fingerprint density at radius 1 is 1.47 bits per heavy atom. The van der Waals surface area contributed by atoms with Crippen LogP contribution in [0.25, 0.3) is 0 Å². The highest BCUT2D eigenvalue weighted by molar-refractivity contribution is 5.78. The van der Waals surface area contributed by atoms with Gasteiger partial charge in [-0.3, -0.25) is 4.79 Å². The number of rotatable bonds is 6. The molecule has 0 aromatic heterocycles. The van der Waals surface area contributed by atoms with E-state index in [1.54, 1.807) is 7.11 Å². The molecule has 0 saturated heterocycles. The van der Waals surface area contributed by atoms with Crippen molar-refractivity contribution in [1.29, 1.82) is 0 Å². The standard InChI is InChI=1S/C13H19NO3/c1-10-4-5-11(8-12(10)17-2)9-13(16)14-6-3-7-15/h4-5,8,15H,3,6-7,9H2,1-2H3,(H,14,16). The molecule has 0 aliphatic heterocycles. The molecule has 4 nitrogen and oxygen atoms in total. The van der Waals surface area contributed by atoms with Crippen molar-refractivity contribution in [1.82, 2.24) is 5.32 Å². The van der Waals surface area contributed by atoms with Gasteiger partial charge in [-0.15, -0.1) is 0 Å².